The van der Waals surface area contributed by atoms with Crippen LogP contribution in [0.15, 0.2) is 22.0 Å². The monoisotopic (exact) mass is 391 g/mol. The van der Waals surface area contributed by atoms with Crippen LogP contribution in [0.1, 0.15) is 47.7 Å². The molecule has 2 unspecified atom stereocenters. The van der Waals surface area contributed by atoms with Crippen LogP contribution in [0.3, 0.4) is 0 Å². The Labute approximate surface area is 149 Å². The Bertz CT molecular complexity index is 859. The maximum Gasteiger partial charge on any atom is 0.417 e. The summed E-state index contributed by atoms with van der Waals surface area (Å²) < 4.78 is 66.4. The minimum absolute atomic E-state index is 0.0530. The molecule has 144 valence electrons. The van der Waals surface area contributed by atoms with E-state index >= 15 is 0 Å². The third-order valence-electron chi connectivity index (χ3n) is 4.58. The molecule has 26 heavy (non-hydrogen) atoms. The van der Waals surface area contributed by atoms with Crippen LogP contribution in [0.2, 0.25) is 0 Å². The molecule has 0 radical (unpaired) electrons. The molecule has 1 aromatic rings. The molecule has 0 aliphatic heterocycles. The predicted octanol–water partition coefficient (Wildman–Crippen LogP) is 2.39. The first-order valence-corrected chi connectivity index (χ1v) is 9.50. The van der Waals surface area contributed by atoms with Gasteiger partial charge < -0.3 is 11.5 Å². The third kappa shape index (κ3) is 3.84. The van der Waals surface area contributed by atoms with Crippen molar-refractivity contribution in [2.24, 2.45) is 22.4 Å². The maximum absolute atomic E-state index is 13.5. The quantitative estimate of drug-likeness (QED) is 0.606. The van der Waals surface area contributed by atoms with Gasteiger partial charge in [0.05, 0.1) is 15.7 Å². The van der Waals surface area contributed by atoms with Gasteiger partial charge in [-0.15, -0.1) is 0 Å². The highest BCUT2D eigenvalue weighted by molar-refractivity contribution is 7.92. The fourth-order valence-electron chi connectivity index (χ4n) is 3.28. The third-order valence-corrected chi connectivity index (χ3v) is 7.03. The Balaban J connectivity index is 2.69. The van der Waals surface area contributed by atoms with Gasteiger partial charge in [0.1, 0.15) is 0 Å². The zero-order chi connectivity index (χ0) is 19.9. The summed E-state index contributed by atoms with van der Waals surface area (Å²) in [6.07, 6.45) is -3.35. The molecule has 4 N–H and O–H groups in total. The van der Waals surface area contributed by atoms with Gasteiger partial charge >= 0.3 is 6.18 Å². The number of amides is 1. The topological polar surface area (TPSA) is 116 Å². The Morgan fingerprint density at radius 2 is 1.85 bits per heavy atom. The van der Waals surface area contributed by atoms with Crippen LogP contribution in [-0.4, -0.2) is 25.5 Å². The molecule has 1 amide bonds. The van der Waals surface area contributed by atoms with E-state index in [0.717, 1.165) is 6.07 Å². The maximum atomic E-state index is 13.5. The molecule has 0 aromatic heterocycles. The van der Waals surface area contributed by atoms with Crippen molar-refractivity contribution in [3.05, 3.63) is 28.8 Å². The summed E-state index contributed by atoms with van der Waals surface area (Å²) >= 11 is 0. The molecule has 0 spiro atoms. The van der Waals surface area contributed by atoms with Gasteiger partial charge in [-0.1, -0.05) is 13.3 Å². The number of sulfone groups is 1. The van der Waals surface area contributed by atoms with Gasteiger partial charge in [0, 0.05) is 5.56 Å². The number of carbonyl (C=O) groups is 1. The Hall–Kier alpha value is -2.10. The minimum atomic E-state index is -4.95. The average molecular weight is 391 g/mol. The van der Waals surface area contributed by atoms with Crippen LogP contribution >= 0.6 is 0 Å². The van der Waals surface area contributed by atoms with E-state index in [2.05, 4.69) is 4.99 Å². The Morgan fingerprint density at radius 1 is 1.23 bits per heavy atom. The Kier molecular flexibility index (Phi) is 5.36. The second kappa shape index (κ2) is 6.90. The number of alkyl halides is 3. The molecule has 1 aliphatic rings. The molecular formula is C16H20F3N3O3S. The average Bonchev–Trinajstić information content (AvgIpc) is 2.91. The standard InChI is InChI=1S/C16H20F3N3O3S/c1-8-4-3-5-12(8)26(24,25)13-6-9(2)10(14(23)22-15(20)21)7-11(13)16(17,18)19/h6-8,12H,3-5H2,1-2H3,(H4,20,21,22,23). The molecule has 6 nitrogen and oxygen atoms in total. The summed E-state index contributed by atoms with van der Waals surface area (Å²) in [5.74, 6) is -1.89. The van der Waals surface area contributed by atoms with Crippen molar-refractivity contribution in [1.29, 1.82) is 0 Å². The molecule has 1 saturated carbocycles. The molecule has 10 heteroatoms. The lowest BCUT2D eigenvalue weighted by molar-refractivity contribution is -0.139. The van der Waals surface area contributed by atoms with Gasteiger partial charge in [0.15, 0.2) is 15.8 Å². The minimum Gasteiger partial charge on any atom is -0.370 e. The van der Waals surface area contributed by atoms with Crippen LogP contribution in [0.4, 0.5) is 13.2 Å². The zero-order valence-electron chi connectivity index (χ0n) is 14.3. The fourth-order valence-corrected chi connectivity index (χ4v) is 5.65. The van der Waals surface area contributed by atoms with E-state index in [1.807, 2.05) is 0 Å². The molecular weight excluding hydrogens is 371 g/mol. The summed E-state index contributed by atoms with van der Waals surface area (Å²) in [6, 6.07) is 1.40. The van der Waals surface area contributed by atoms with E-state index in [0.29, 0.717) is 25.3 Å². The predicted molar refractivity (Wildman–Crippen MR) is 90.3 cm³/mol. The van der Waals surface area contributed by atoms with E-state index in [1.54, 1.807) is 6.92 Å². The molecule has 1 fully saturated rings. The number of nitrogens with zero attached hydrogens (tertiary/aromatic N) is 1. The van der Waals surface area contributed by atoms with E-state index < -0.39 is 49.2 Å². The molecule has 1 aliphatic carbocycles. The van der Waals surface area contributed by atoms with Gasteiger partial charge in [-0.3, -0.25) is 4.79 Å². The molecule has 0 bridgehead atoms. The Morgan fingerprint density at radius 3 is 2.31 bits per heavy atom. The lowest BCUT2D eigenvalue weighted by Gasteiger charge is -2.21. The van der Waals surface area contributed by atoms with Crippen LogP contribution in [0.25, 0.3) is 0 Å². The first-order chi connectivity index (χ1) is 11.9. The second-order valence-electron chi connectivity index (χ2n) is 6.49. The number of aryl methyl sites for hydroxylation is 1. The number of guanidine groups is 1. The van der Waals surface area contributed by atoms with Gasteiger partial charge in [-0.05, 0) is 43.4 Å². The highest BCUT2D eigenvalue weighted by Gasteiger charge is 2.43. The molecule has 0 saturated heterocycles. The van der Waals surface area contributed by atoms with Gasteiger partial charge in [-0.2, -0.15) is 18.2 Å². The van der Waals surface area contributed by atoms with Crippen LogP contribution in [-0.2, 0) is 16.0 Å². The summed E-state index contributed by atoms with van der Waals surface area (Å²) in [6.45, 7) is 3.05. The van der Waals surface area contributed by atoms with Crippen molar-refractivity contribution in [2.75, 3.05) is 0 Å². The number of benzene rings is 1. The van der Waals surface area contributed by atoms with Gasteiger partial charge in [-0.25, -0.2) is 8.42 Å². The molecule has 2 rings (SSSR count). The van der Waals surface area contributed by atoms with Crippen molar-refractivity contribution in [1.82, 2.24) is 0 Å². The van der Waals surface area contributed by atoms with Crippen molar-refractivity contribution in [2.45, 2.75) is 49.4 Å². The first kappa shape index (κ1) is 20.2. The molecule has 1 aromatic carbocycles. The summed E-state index contributed by atoms with van der Waals surface area (Å²) in [7, 11) is -4.21. The fraction of sp³-hybridized carbons (Fsp3) is 0.500. The van der Waals surface area contributed by atoms with E-state index in [9.17, 15) is 26.4 Å². The lowest BCUT2D eigenvalue weighted by Crippen LogP contribution is -2.27. The molecule has 2 atom stereocenters. The lowest BCUT2D eigenvalue weighted by atomic mass is 10.0. The second-order valence-corrected chi connectivity index (χ2v) is 8.63. The van der Waals surface area contributed by atoms with Crippen molar-refractivity contribution in [3.8, 4) is 0 Å². The zero-order valence-corrected chi connectivity index (χ0v) is 15.1. The van der Waals surface area contributed by atoms with Crippen LogP contribution < -0.4 is 11.5 Å². The number of rotatable bonds is 3. The highest BCUT2D eigenvalue weighted by Crippen LogP contribution is 2.41. The number of halogens is 3. The van der Waals surface area contributed by atoms with Crippen LogP contribution in [0, 0.1) is 12.8 Å². The van der Waals surface area contributed by atoms with Crippen LogP contribution in [0.5, 0.6) is 0 Å². The summed E-state index contributed by atoms with van der Waals surface area (Å²) in [4.78, 5) is 14.4. The van der Waals surface area contributed by atoms with E-state index in [1.165, 1.54) is 6.92 Å². The highest BCUT2D eigenvalue weighted by atomic mass is 32.2. The number of aliphatic imine (C=N–C) groups is 1. The smallest absolute Gasteiger partial charge is 0.370 e. The van der Waals surface area contributed by atoms with E-state index in [4.69, 9.17) is 11.5 Å². The normalized spacial score (nSPS) is 20.8. The van der Waals surface area contributed by atoms with Gasteiger partial charge in [0.2, 0.25) is 0 Å². The SMILES string of the molecule is Cc1cc(S(=O)(=O)C2CCCC2C)c(C(F)(F)F)cc1C(=O)N=C(N)N. The summed E-state index contributed by atoms with van der Waals surface area (Å²) in [5.41, 5.74) is 8.46. The number of carbonyl (C=O) groups excluding carboxylic acids is 1. The number of nitrogens with two attached hydrogens (primary N) is 2. The summed E-state index contributed by atoms with van der Waals surface area (Å²) in [5, 5.41) is -0.873. The van der Waals surface area contributed by atoms with Crippen molar-refractivity contribution >= 4 is 21.7 Å². The van der Waals surface area contributed by atoms with Crippen molar-refractivity contribution in [3.63, 3.8) is 0 Å². The first-order valence-electron chi connectivity index (χ1n) is 7.95. The number of hydrogen-bond acceptors (Lipinski definition) is 3. The number of hydrogen-bond donors (Lipinski definition) is 2. The van der Waals surface area contributed by atoms with E-state index in [-0.39, 0.29) is 11.5 Å². The van der Waals surface area contributed by atoms with Gasteiger partial charge in [0.25, 0.3) is 5.91 Å². The molecule has 0 heterocycles. The van der Waals surface area contributed by atoms with Crippen molar-refractivity contribution < 1.29 is 26.4 Å². The largest absolute Gasteiger partial charge is 0.417 e.